The van der Waals surface area contributed by atoms with Gasteiger partial charge in [-0.15, -0.1) is 26.3 Å². The van der Waals surface area contributed by atoms with Crippen LogP contribution in [0.1, 0.15) is 131 Å². The molecular formula is C50H59F10LiO6. The Hall–Kier alpha value is -4.39. The van der Waals surface area contributed by atoms with E-state index in [-0.39, 0.29) is 72.0 Å². The number of benzene rings is 4. The van der Waals surface area contributed by atoms with Crippen LogP contribution in [-0.2, 0) is 10.4 Å². The van der Waals surface area contributed by atoms with Gasteiger partial charge in [-0.1, -0.05) is 85.9 Å². The Labute approximate surface area is 396 Å². The standard InChI is InChI=1S/C22H21F5O3.C13H5F5O2.C9H16O.C4H9.2CH4.Li/c1-2-3-12-8-10-21(28,11-9-12)15-6-4-13-14-5-7-16(30-22(25,26)27)18(24)20(14)29-19(13)17(15)23;14-8-3-1-2-6-7-4-5-9(20-13(16,17)18)10(15)12(7)19-11(6)8;1-2-3-8-4-6-9(10)7-5-8;1-3-4-2;;;/h4-7,12,28H,2-3,8-11H2,1H3;1-5H;8H,2-7H2,1H3;1,3-4H2,2H3;2*1H4;/q;;;-1;;;+1. The average Bonchev–Trinajstić information content (AvgIpc) is 3.83. The number of alkyl halides is 6. The number of ether oxygens (including phenoxy) is 2. The number of carbonyl (C=O) groups is 1. The summed E-state index contributed by atoms with van der Waals surface area (Å²) in [5.74, 6) is -4.47. The maximum Gasteiger partial charge on any atom is 1.00 e. The first-order valence-corrected chi connectivity index (χ1v) is 21.4. The predicted molar refractivity (Wildman–Crippen MR) is 237 cm³/mol. The molecule has 0 saturated heterocycles. The summed E-state index contributed by atoms with van der Waals surface area (Å²) in [4.78, 5) is 10.8. The summed E-state index contributed by atoms with van der Waals surface area (Å²) in [5.41, 5.74) is -2.81. The molecule has 6 aromatic rings. The van der Waals surface area contributed by atoms with Crippen LogP contribution in [0.4, 0.5) is 43.9 Å². The molecule has 0 unspecified atom stereocenters. The van der Waals surface area contributed by atoms with E-state index < -0.39 is 64.3 Å². The summed E-state index contributed by atoms with van der Waals surface area (Å²) < 4.78 is 148. The summed E-state index contributed by atoms with van der Waals surface area (Å²) in [6, 6.07) is 11.0. The van der Waals surface area contributed by atoms with Crippen molar-refractivity contribution in [3.63, 3.8) is 0 Å². The zero-order valence-electron chi connectivity index (χ0n) is 36.7. The van der Waals surface area contributed by atoms with Crippen molar-refractivity contribution in [1.29, 1.82) is 0 Å². The Morgan fingerprint density at radius 2 is 1.03 bits per heavy atom. The second-order valence-electron chi connectivity index (χ2n) is 16.1. The van der Waals surface area contributed by atoms with Crippen LogP contribution >= 0.6 is 0 Å². The van der Waals surface area contributed by atoms with Crippen molar-refractivity contribution in [2.24, 2.45) is 11.8 Å². The minimum atomic E-state index is -5.07. The Balaban J connectivity index is 0.000000359. The molecule has 2 aromatic heterocycles. The van der Waals surface area contributed by atoms with Crippen molar-refractivity contribution in [2.45, 2.75) is 144 Å². The van der Waals surface area contributed by atoms with Gasteiger partial charge in [-0.2, -0.15) is 15.2 Å². The number of para-hydroxylation sites is 1. The van der Waals surface area contributed by atoms with Gasteiger partial charge in [-0.25, -0.2) is 8.78 Å². The fraction of sp³-hybridized carbons (Fsp3) is 0.480. The van der Waals surface area contributed by atoms with Crippen molar-refractivity contribution in [3.8, 4) is 11.5 Å². The van der Waals surface area contributed by atoms with E-state index in [9.17, 15) is 49.4 Å². The maximum absolute atomic E-state index is 15.3. The molecule has 2 saturated carbocycles. The Morgan fingerprint density at radius 3 is 1.46 bits per heavy atom. The SMILES string of the molecule is C.C.CCCC1CCC(=O)CC1.CCCC1CCC(O)(c2ccc3c(oc4c(F)c(OC(F)(F)F)ccc43)c2F)CC1.Fc1cccc2c1oc1c(F)c(OC(F)(F)F)ccc12.[CH2-]CCC.[Li+]. The number of rotatable bonds is 8. The summed E-state index contributed by atoms with van der Waals surface area (Å²) in [5, 5.41) is 11.9. The molecule has 2 fully saturated rings. The predicted octanol–water partition coefficient (Wildman–Crippen LogP) is 14.1. The van der Waals surface area contributed by atoms with Crippen molar-refractivity contribution in [2.75, 3.05) is 0 Å². The van der Waals surface area contributed by atoms with Crippen LogP contribution in [0.15, 0.2) is 63.4 Å². The quantitative estimate of drug-likeness (QED) is 0.0930. The molecule has 2 aliphatic carbocycles. The third-order valence-corrected chi connectivity index (χ3v) is 11.5. The van der Waals surface area contributed by atoms with Crippen LogP contribution in [0, 0.1) is 42.0 Å². The van der Waals surface area contributed by atoms with Crippen molar-refractivity contribution < 1.29 is 91.0 Å². The van der Waals surface area contributed by atoms with Crippen LogP contribution in [0.5, 0.6) is 11.5 Å². The third kappa shape index (κ3) is 14.8. The second kappa shape index (κ2) is 25.3. The molecule has 2 aliphatic rings. The first-order valence-electron chi connectivity index (χ1n) is 21.4. The normalized spacial score (nSPS) is 17.5. The van der Waals surface area contributed by atoms with Crippen molar-refractivity contribution in [3.05, 3.63) is 90.4 Å². The van der Waals surface area contributed by atoms with Crippen LogP contribution < -0.4 is 28.3 Å². The van der Waals surface area contributed by atoms with E-state index >= 15 is 4.39 Å². The Bertz CT molecular complexity index is 2490. The molecule has 8 rings (SSSR count). The van der Waals surface area contributed by atoms with Crippen LogP contribution in [0.2, 0.25) is 0 Å². The van der Waals surface area contributed by atoms with E-state index in [1.54, 1.807) is 0 Å². The van der Waals surface area contributed by atoms with Crippen LogP contribution in [-0.4, -0.2) is 23.6 Å². The molecule has 0 bridgehead atoms. The van der Waals surface area contributed by atoms with Gasteiger partial charge in [0.25, 0.3) is 0 Å². The number of carbonyl (C=O) groups excluding carboxylic acids is 1. The molecular weight excluding hydrogens is 893 g/mol. The summed E-state index contributed by atoms with van der Waals surface area (Å²) in [6.07, 6.45) is 3.27. The van der Waals surface area contributed by atoms with Gasteiger partial charge in [-0.05, 0) is 86.8 Å². The molecule has 6 nitrogen and oxygen atoms in total. The zero-order chi connectivity index (χ0) is 47.0. The van der Waals surface area contributed by atoms with Gasteiger partial charge < -0.3 is 30.3 Å². The van der Waals surface area contributed by atoms with Gasteiger partial charge >= 0.3 is 31.6 Å². The minimum Gasteiger partial charge on any atom is -0.450 e. The van der Waals surface area contributed by atoms with E-state index in [0.29, 0.717) is 24.5 Å². The van der Waals surface area contributed by atoms with E-state index in [1.807, 2.05) is 0 Å². The van der Waals surface area contributed by atoms with Gasteiger partial charge in [0.2, 0.25) is 11.6 Å². The molecule has 0 radical (unpaired) electrons. The monoisotopic (exact) mass is 952 g/mol. The van der Waals surface area contributed by atoms with Crippen molar-refractivity contribution in [1.82, 2.24) is 0 Å². The number of ketones is 1. The van der Waals surface area contributed by atoms with E-state index in [2.05, 4.69) is 37.2 Å². The second-order valence-corrected chi connectivity index (χ2v) is 16.1. The average molecular weight is 953 g/mol. The van der Waals surface area contributed by atoms with E-state index in [1.165, 1.54) is 55.7 Å². The van der Waals surface area contributed by atoms with Gasteiger partial charge in [0.05, 0.1) is 5.60 Å². The fourth-order valence-electron chi connectivity index (χ4n) is 8.18. The molecule has 67 heavy (non-hydrogen) atoms. The first kappa shape index (κ1) is 58.7. The maximum atomic E-state index is 15.3. The van der Waals surface area contributed by atoms with Gasteiger partial charge in [0, 0.05) is 39.9 Å². The molecule has 366 valence electrons. The van der Waals surface area contributed by atoms with Gasteiger partial charge in [-0.3, -0.25) is 4.79 Å². The fourth-order valence-corrected chi connectivity index (χ4v) is 8.18. The number of furan rings is 2. The van der Waals surface area contributed by atoms with Gasteiger partial charge in [0.15, 0.2) is 45.5 Å². The molecule has 0 amide bonds. The number of aliphatic hydroxyl groups is 1. The summed E-state index contributed by atoms with van der Waals surface area (Å²) in [6.45, 7) is 10.0. The topological polar surface area (TPSA) is 82.0 Å². The summed E-state index contributed by atoms with van der Waals surface area (Å²) in [7, 11) is 0. The number of unbranched alkanes of at least 4 members (excludes halogenated alkanes) is 1. The van der Waals surface area contributed by atoms with Crippen molar-refractivity contribution >= 4 is 49.7 Å². The molecule has 1 N–H and O–H groups in total. The number of Topliss-reactive ketones (excluding diaryl/α,β-unsaturated/α-hetero) is 1. The molecule has 17 heteroatoms. The first-order chi connectivity index (χ1) is 30.2. The van der Waals surface area contributed by atoms with E-state index in [0.717, 1.165) is 81.9 Å². The molecule has 0 aliphatic heterocycles. The number of fused-ring (bicyclic) bond motifs is 6. The molecule has 0 spiro atoms. The summed E-state index contributed by atoms with van der Waals surface area (Å²) >= 11 is 0. The van der Waals surface area contributed by atoms with Crippen LogP contribution in [0.25, 0.3) is 43.9 Å². The zero-order valence-corrected chi connectivity index (χ0v) is 36.7. The van der Waals surface area contributed by atoms with E-state index in [4.69, 9.17) is 8.83 Å². The van der Waals surface area contributed by atoms with Gasteiger partial charge in [0.1, 0.15) is 5.78 Å². The third-order valence-electron chi connectivity index (χ3n) is 11.5. The molecule has 4 aromatic carbocycles. The Morgan fingerprint density at radius 1 is 0.627 bits per heavy atom. The number of hydrogen-bond donors (Lipinski definition) is 1. The minimum absolute atomic E-state index is 0. The smallest absolute Gasteiger partial charge is 0.450 e. The molecule has 2 heterocycles. The number of hydrogen-bond acceptors (Lipinski definition) is 6. The van der Waals surface area contributed by atoms with Crippen LogP contribution in [0.3, 0.4) is 0 Å². The Kier molecular flexibility index (Phi) is 22.2. The largest absolute Gasteiger partial charge is 1.00 e. The molecule has 0 atom stereocenters. The number of halogens is 10.